The largest absolute Gasteiger partial charge is 0.388 e. The van der Waals surface area contributed by atoms with Gasteiger partial charge in [-0.05, 0) is 31.4 Å². The summed E-state index contributed by atoms with van der Waals surface area (Å²) in [7, 11) is 0. The van der Waals surface area contributed by atoms with Crippen molar-refractivity contribution in [2.45, 2.75) is 32.8 Å². The van der Waals surface area contributed by atoms with Crippen molar-refractivity contribution in [1.29, 1.82) is 0 Å². The third-order valence-electron chi connectivity index (χ3n) is 2.60. The minimum atomic E-state index is -0.782. The van der Waals surface area contributed by atoms with Crippen molar-refractivity contribution < 1.29 is 10.0 Å². The van der Waals surface area contributed by atoms with E-state index in [1.165, 1.54) is 12.1 Å². The Hall–Kier alpha value is -1.62. The maximum atomic E-state index is 10.5. The summed E-state index contributed by atoms with van der Waals surface area (Å²) < 4.78 is 0. The molecule has 0 spiro atoms. The van der Waals surface area contributed by atoms with Crippen LogP contribution < -0.4 is 5.32 Å². The van der Waals surface area contributed by atoms with Crippen molar-refractivity contribution in [2.75, 3.05) is 11.9 Å². The predicted octanol–water partition coefficient (Wildman–Crippen LogP) is 2.80. The van der Waals surface area contributed by atoms with E-state index in [2.05, 4.69) is 19.2 Å². The second-order valence-corrected chi connectivity index (χ2v) is 5.25. The summed E-state index contributed by atoms with van der Waals surface area (Å²) in [5, 5.41) is 23.7. The van der Waals surface area contributed by atoms with Crippen LogP contribution in [0.3, 0.4) is 0 Å². The monoisotopic (exact) mass is 252 g/mol. The molecule has 5 heteroatoms. The standard InChI is InChI=1S/C13H20N2O3/c1-10(2)8-13(3,16)9-14-11-4-6-12(7-5-11)15(17)18/h4-7,10,14,16H,8-9H2,1-3H3. The fraction of sp³-hybridized carbons (Fsp3) is 0.538. The van der Waals surface area contributed by atoms with E-state index >= 15 is 0 Å². The lowest BCUT2D eigenvalue weighted by molar-refractivity contribution is -0.384. The van der Waals surface area contributed by atoms with Crippen LogP contribution in [0.1, 0.15) is 27.2 Å². The molecule has 100 valence electrons. The van der Waals surface area contributed by atoms with Crippen LogP contribution in [0.5, 0.6) is 0 Å². The SMILES string of the molecule is CC(C)CC(C)(O)CNc1ccc([N+](=O)[O-])cc1. The Balaban J connectivity index is 2.55. The highest BCUT2D eigenvalue weighted by Crippen LogP contribution is 2.19. The summed E-state index contributed by atoms with van der Waals surface area (Å²) in [5.41, 5.74) is 0.0507. The van der Waals surface area contributed by atoms with Crippen LogP contribution in [0, 0.1) is 16.0 Å². The Morgan fingerprint density at radius 2 is 1.94 bits per heavy atom. The Morgan fingerprint density at radius 1 is 1.39 bits per heavy atom. The molecule has 1 rings (SSSR count). The molecular formula is C13H20N2O3. The normalized spacial score (nSPS) is 14.3. The quantitative estimate of drug-likeness (QED) is 0.603. The van der Waals surface area contributed by atoms with Crippen molar-refractivity contribution in [3.05, 3.63) is 34.4 Å². The van der Waals surface area contributed by atoms with Crippen molar-refractivity contribution in [3.8, 4) is 0 Å². The molecule has 1 atom stereocenters. The maximum absolute atomic E-state index is 10.5. The second kappa shape index (κ2) is 5.82. The molecule has 1 aromatic carbocycles. The lowest BCUT2D eigenvalue weighted by atomic mass is 9.94. The summed E-state index contributed by atoms with van der Waals surface area (Å²) in [6.07, 6.45) is 0.701. The van der Waals surface area contributed by atoms with Crippen LogP contribution in [0.2, 0.25) is 0 Å². The predicted molar refractivity (Wildman–Crippen MR) is 71.7 cm³/mol. The molecule has 0 saturated heterocycles. The van der Waals surface area contributed by atoms with Crippen molar-refractivity contribution in [1.82, 2.24) is 0 Å². The van der Waals surface area contributed by atoms with E-state index in [1.807, 2.05) is 0 Å². The van der Waals surface area contributed by atoms with E-state index in [-0.39, 0.29) is 5.69 Å². The summed E-state index contributed by atoms with van der Waals surface area (Å²) in [6, 6.07) is 6.17. The lowest BCUT2D eigenvalue weighted by Crippen LogP contribution is -2.34. The number of benzene rings is 1. The van der Waals surface area contributed by atoms with Crippen LogP contribution in [0.15, 0.2) is 24.3 Å². The van der Waals surface area contributed by atoms with Gasteiger partial charge in [0.05, 0.1) is 10.5 Å². The molecule has 2 N–H and O–H groups in total. The number of hydrogen-bond donors (Lipinski definition) is 2. The van der Waals surface area contributed by atoms with Crippen molar-refractivity contribution >= 4 is 11.4 Å². The first-order valence-electron chi connectivity index (χ1n) is 6.01. The van der Waals surface area contributed by atoms with E-state index in [9.17, 15) is 15.2 Å². The van der Waals surface area contributed by atoms with Gasteiger partial charge in [0, 0.05) is 24.4 Å². The first kappa shape index (κ1) is 14.4. The van der Waals surface area contributed by atoms with E-state index in [0.29, 0.717) is 18.9 Å². The van der Waals surface area contributed by atoms with Crippen LogP contribution in [0.4, 0.5) is 11.4 Å². The van der Waals surface area contributed by atoms with Crippen molar-refractivity contribution in [2.24, 2.45) is 5.92 Å². The Labute approximate surface area is 107 Å². The number of rotatable bonds is 6. The number of nitrogens with zero attached hydrogens (tertiary/aromatic N) is 1. The molecule has 0 aliphatic carbocycles. The van der Waals surface area contributed by atoms with Crippen LogP contribution in [-0.4, -0.2) is 22.2 Å². The second-order valence-electron chi connectivity index (χ2n) is 5.25. The average molecular weight is 252 g/mol. The molecule has 18 heavy (non-hydrogen) atoms. The molecule has 1 unspecified atom stereocenters. The highest BCUT2D eigenvalue weighted by Gasteiger charge is 2.21. The zero-order valence-corrected chi connectivity index (χ0v) is 11.0. The first-order valence-corrected chi connectivity index (χ1v) is 6.01. The number of aliphatic hydroxyl groups is 1. The van der Waals surface area contributed by atoms with Crippen LogP contribution in [0.25, 0.3) is 0 Å². The van der Waals surface area contributed by atoms with Gasteiger partial charge in [0.1, 0.15) is 0 Å². The summed E-state index contributed by atoms with van der Waals surface area (Å²) in [6.45, 7) is 6.31. The Morgan fingerprint density at radius 3 is 2.39 bits per heavy atom. The van der Waals surface area contributed by atoms with E-state index < -0.39 is 10.5 Å². The number of non-ortho nitro benzene ring substituents is 1. The minimum absolute atomic E-state index is 0.0643. The number of nitro benzene ring substituents is 1. The van der Waals surface area contributed by atoms with Gasteiger partial charge in [-0.25, -0.2) is 0 Å². The molecule has 0 radical (unpaired) electrons. The molecule has 0 heterocycles. The molecule has 0 aliphatic rings. The topological polar surface area (TPSA) is 75.4 Å². The summed E-state index contributed by atoms with van der Waals surface area (Å²) in [5.74, 6) is 0.415. The smallest absolute Gasteiger partial charge is 0.269 e. The van der Waals surface area contributed by atoms with Gasteiger partial charge in [-0.2, -0.15) is 0 Å². The Kier molecular flexibility index (Phi) is 4.67. The molecular weight excluding hydrogens is 232 g/mol. The lowest BCUT2D eigenvalue weighted by Gasteiger charge is -2.26. The number of hydrogen-bond acceptors (Lipinski definition) is 4. The number of anilines is 1. The van der Waals surface area contributed by atoms with E-state index in [1.54, 1.807) is 19.1 Å². The third-order valence-corrected chi connectivity index (χ3v) is 2.60. The molecule has 5 nitrogen and oxygen atoms in total. The first-order chi connectivity index (χ1) is 8.30. The van der Waals surface area contributed by atoms with Gasteiger partial charge in [0.25, 0.3) is 5.69 Å². The third kappa shape index (κ3) is 4.71. The molecule has 0 bridgehead atoms. The fourth-order valence-electron chi connectivity index (χ4n) is 1.95. The molecule has 0 saturated carbocycles. The fourth-order valence-corrected chi connectivity index (χ4v) is 1.95. The zero-order valence-electron chi connectivity index (χ0n) is 11.0. The van der Waals surface area contributed by atoms with E-state index in [0.717, 1.165) is 5.69 Å². The molecule has 0 aromatic heterocycles. The zero-order chi connectivity index (χ0) is 13.8. The molecule has 0 aliphatic heterocycles. The van der Waals surface area contributed by atoms with Gasteiger partial charge in [-0.3, -0.25) is 10.1 Å². The van der Waals surface area contributed by atoms with Gasteiger partial charge < -0.3 is 10.4 Å². The molecule has 0 amide bonds. The van der Waals surface area contributed by atoms with Gasteiger partial charge >= 0.3 is 0 Å². The van der Waals surface area contributed by atoms with Gasteiger partial charge in [0.15, 0.2) is 0 Å². The minimum Gasteiger partial charge on any atom is -0.388 e. The van der Waals surface area contributed by atoms with Gasteiger partial charge in [-0.1, -0.05) is 13.8 Å². The summed E-state index contributed by atoms with van der Waals surface area (Å²) >= 11 is 0. The molecule has 0 fully saturated rings. The Bertz CT molecular complexity index is 399. The highest BCUT2D eigenvalue weighted by molar-refractivity contribution is 5.48. The van der Waals surface area contributed by atoms with Crippen molar-refractivity contribution in [3.63, 3.8) is 0 Å². The van der Waals surface area contributed by atoms with Crippen LogP contribution in [-0.2, 0) is 0 Å². The number of nitro groups is 1. The maximum Gasteiger partial charge on any atom is 0.269 e. The molecule has 1 aromatic rings. The van der Waals surface area contributed by atoms with E-state index in [4.69, 9.17) is 0 Å². The van der Waals surface area contributed by atoms with Gasteiger partial charge in [-0.15, -0.1) is 0 Å². The highest BCUT2D eigenvalue weighted by atomic mass is 16.6. The number of nitrogens with one attached hydrogen (secondary N) is 1. The summed E-state index contributed by atoms with van der Waals surface area (Å²) in [4.78, 5) is 10.1. The van der Waals surface area contributed by atoms with Gasteiger partial charge in [0.2, 0.25) is 0 Å². The van der Waals surface area contributed by atoms with Crippen LogP contribution >= 0.6 is 0 Å². The average Bonchev–Trinajstić information content (AvgIpc) is 2.25.